The predicted octanol–water partition coefficient (Wildman–Crippen LogP) is 0.815. The van der Waals surface area contributed by atoms with Gasteiger partial charge >= 0.3 is 5.97 Å². The number of imidazole rings is 1. The van der Waals surface area contributed by atoms with Gasteiger partial charge in [0.25, 0.3) is 5.91 Å². The molecule has 2 unspecified atom stereocenters. The summed E-state index contributed by atoms with van der Waals surface area (Å²) < 4.78 is 7.01. The molecule has 8 heteroatoms. The van der Waals surface area contributed by atoms with Gasteiger partial charge in [0.1, 0.15) is 6.04 Å². The predicted molar refractivity (Wildman–Crippen MR) is 80.6 cm³/mol. The maximum absolute atomic E-state index is 12.8. The molecule has 3 rings (SSSR count). The molecule has 0 saturated carbocycles. The first-order valence-corrected chi connectivity index (χ1v) is 8.36. The minimum atomic E-state index is -0.954. The Morgan fingerprint density at radius 3 is 2.73 bits per heavy atom. The van der Waals surface area contributed by atoms with Crippen LogP contribution in [0.2, 0.25) is 0 Å². The molecule has 1 aromatic heterocycles. The molecule has 1 amide bonds. The van der Waals surface area contributed by atoms with Gasteiger partial charge in [-0.2, -0.15) is 0 Å². The number of aryl methyl sites for hydroxylation is 1. The molecule has 22 heavy (non-hydrogen) atoms. The third kappa shape index (κ3) is 2.72. The van der Waals surface area contributed by atoms with Gasteiger partial charge in [0.05, 0.1) is 5.37 Å². The van der Waals surface area contributed by atoms with E-state index in [1.54, 1.807) is 35.8 Å². The number of carbonyl (C=O) groups is 2. The minimum absolute atomic E-state index is 0.116. The van der Waals surface area contributed by atoms with E-state index in [0.29, 0.717) is 19.0 Å². The molecule has 2 aliphatic heterocycles. The number of aliphatic carboxylic acids is 1. The number of hydrogen-bond acceptors (Lipinski definition) is 5. The highest BCUT2D eigenvalue weighted by atomic mass is 32.2. The molecule has 0 spiro atoms. The summed E-state index contributed by atoms with van der Waals surface area (Å²) in [5.41, 5.74) is 0. The van der Waals surface area contributed by atoms with Crippen LogP contribution in [0.15, 0.2) is 12.4 Å². The number of carboxylic acids is 1. The molecule has 0 radical (unpaired) electrons. The van der Waals surface area contributed by atoms with Crippen LogP contribution in [0.4, 0.5) is 0 Å². The molecule has 7 nitrogen and oxygen atoms in total. The first-order valence-electron chi connectivity index (χ1n) is 7.31. The lowest BCUT2D eigenvalue weighted by molar-refractivity contribution is -0.141. The normalized spacial score (nSPS) is 26.3. The fourth-order valence-electron chi connectivity index (χ4n) is 3.03. The Kier molecular flexibility index (Phi) is 4.39. The van der Waals surface area contributed by atoms with Crippen LogP contribution in [-0.2, 0) is 16.6 Å². The first kappa shape index (κ1) is 15.4. The number of carboxylic acid groups (broad SMARTS) is 1. The highest BCUT2D eigenvalue weighted by Gasteiger charge is 2.46. The molecule has 1 N–H and O–H groups in total. The molecule has 0 aromatic carbocycles. The van der Waals surface area contributed by atoms with Crippen LogP contribution in [-0.4, -0.2) is 61.8 Å². The zero-order chi connectivity index (χ0) is 15.7. The van der Waals surface area contributed by atoms with Crippen LogP contribution < -0.4 is 0 Å². The lowest BCUT2D eigenvalue weighted by Crippen LogP contribution is -2.49. The van der Waals surface area contributed by atoms with E-state index in [1.165, 1.54) is 4.90 Å². The van der Waals surface area contributed by atoms with Gasteiger partial charge in [0.2, 0.25) is 0 Å². The maximum Gasteiger partial charge on any atom is 0.327 e. The average molecular weight is 325 g/mol. The number of amides is 1. The maximum atomic E-state index is 12.8. The zero-order valence-corrected chi connectivity index (χ0v) is 13.2. The lowest BCUT2D eigenvalue weighted by Gasteiger charge is -2.34. The smallest absolute Gasteiger partial charge is 0.327 e. The molecular weight excluding hydrogens is 306 g/mol. The Labute approximate surface area is 132 Å². The quantitative estimate of drug-likeness (QED) is 0.885. The van der Waals surface area contributed by atoms with Gasteiger partial charge in [-0.1, -0.05) is 0 Å². The van der Waals surface area contributed by atoms with E-state index in [0.717, 1.165) is 12.8 Å². The second-order valence-corrected chi connectivity index (χ2v) is 6.75. The Morgan fingerprint density at radius 2 is 2.14 bits per heavy atom. The topological polar surface area (TPSA) is 84.7 Å². The van der Waals surface area contributed by atoms with Crippen molar-refractivity contribution in [2.75, 3.05) is 19.0 Å². The average Bonchev–Trinajstić information content (AvgIpc) is 3.13. The van der Waals surface area contributed by atoms with E-state index >= 15 is 0 Å². The first-order chi connectivity index (χ1) is 10.6. The van der Waals surface area contributed by atoms with Gasteiger partial charge in [0, 0.05) is 38.4 Å². The van der Waals surface area contributed by atoms with E-state index < -0.39 is 12.0 Å². The van der Waals surface area contributed by atoms with Crippen LogP contribution in [0.3, 0.4) is 0 Å². The third-order valence-corrected chi connectivity index (χ3v) is 5.70. The van der Waals surface area contributed by atoms with Crippen molar-refractivity contribution in [1.29, 1.82) is 0 Å². The number of aromatic nitrogens is 2. The van der Waals surface area contributed by atoms with Crippen LogP contribution in [0.1, 0.15) is 23.5 Å². The molecular formula is C14H19N3O4S. The minimum Gasteiger partial charge on any atom is -0.480 e. The van der Waals surface area contributed by atoms with Crippen molar-refractivity contribution >= 4 is 23.6 Å². The van der Waals surface area contributed by atoms with Gasteiger partial charge in [-0.25, -0.2) is 9.78 Å². The van der Waals surface area contributed by atoms with Crippen molar-refractivity contribution in [2.45, 2.75) is 24.3 Å². The molecule has 3 heterocycles. The second kappa shape index (κ2) is 6.29. The SMILES string of the molecule is Cn1ccnc1C(=O)N1C(C(=O)O)CSC1C1CCOCC1. The largest absolute Gasteiger partial charge is 0.480 e. The number of thioether (sulfide) groups is 1. The summed E-state index contributed by atoms with van der Waals surface area (Å²) in [6, 6.07) is -0.790. The third-order valence-electron chi connectivity index (χ3n) is 4.24. The standard InChI is InChI=1S/C14H19N3O4S/c1-16-5-4-15-11(16)12(18)17-10(14(19)20)8-22-13(17)9-2-6-21-7-3-9/h4-5,9-10,13H,2-3,6-8H2,1H3,(H,19,20). The van der Waals surface area contributed by atoms with Gasteiger partial charge in [0.15, 0.2) is 5.82 Å². The van der Waals surface area contributed by atoms with Crippen LogP contribution in [0.25, 0.3) is 0 Å². The number of hydrogen-bond donors (Lipinski definition) is 1. The van der Waals surface area contributed by atoms with Crippen LogP contribution >= 0.6 is 11.8 Å². The Morgan fingerprint density at radius 1 is 1.41 bits per heavy atom. The van der Waals surface area contributed by atoms with E-state index in [9.17, 15) is 14.7 Å². The summed E-state index contributed by atoms with van der Waals surface area (Å²) in [5, 5.41) is 9.34. The van der Waals surface area contributed by atoms with Gasteiger partial charge < -0.3 is 19.3 Å². The highest BCUT2D eigenvalue weighted by Crippen LogP contribution is 2.38. The number of rotatable bonds is 3. The molecule has 1 aromatic rings. The van der Waals surface area contributed by atoms with Crippen molar-refractivity contribution in [2.24, 2.45) is 13.0 Å². The summed E-state index contributed by atoms with van der Waals surface area (Å²) in [6.45, 7) is 1.34. The lowest BCUT2D eigenvalue weighted by atomic mass is 9.98. The number of nitrogens with zero attached hydrogens (tertiary/aromatic N) is 3. The molecule has 120 valence electrons. The van der Waals surface area contributed by atoms with Gasteiger partial charge in [-0.05, 0) is 18.8 Å². The van der Waals surface area contributed by atoms with Crippen molar-refractivity contribution in [1.82, 2.24) is 14.5 Å². The summed E-state index contributed by atoms with van der Waals surface area (Å²) in [5.74, 6) is -0.280. The summed E-state index contributed by atoms with van der Waals surface area (Å²) in [6.07, 6.45) is 4.95. The highest BCUT2D eigenvalue weighted by molar-refractivity contribution is 8.00. The number of carbonyl (C=O) groups excluding carboxylic acids is 1. The van der Waals surface area contributed by atoms with E-state index in [2.05, 4.69) is 4.98 Å². The van der Waals surface area contributed by atoms with Crippen molar-refractivity contribution in [3.63, 3.8) is 0 Å². The zero-order valence-electron chi connectivity index (χ0n) is 12.3. The Balaban J connectivity index is 1.88. The van der Waals surface area contributed by atoms with Gasteiger partial charge in [-0.3, -0.25) is 4.79 Å². The molecule has 2 atom stereocenters. The monoisotopic (exact) mass is 325 g/mol. The van der Waals surface area contributed by atoms with E-state index in [4.69, 9.17) is 4.74 Å². The summed E-state index contributed by atoms with van der Waals surface area (Å²) >= 11 is 1.56. The van der Waals surface area contributed by atoms with Gasteiger partial charge in [-0.15, -0.1) is 11.8 Å². The molecule has 2 aliphatic rings. The second-order valence-electron chi connectivity index (χ2n) is 5.60. The number of ether oxygens (including phenoxy) is 1. The summed E-state index contributed by atoms with van der Waals surface area (Å²) in [7, 11) is 1.74. The van der Waals surface area contributed by atoms with Crippen LogP contribution in [0.5, 0.6) is 0 Å². The van der Waals surface area contributed by atoms with Crippen molar-refractivity contribution in [3.8, 4) is 0 Å². The van der Waals surface area contributed by atoms with Crippen LogP contribution in [0, 0.1) is 5.92 Å². The van der Waals surface area contributed by atoms with Crippen molar-refractivity contribution < 1.29 is 19.4 Å². The Bertz CT molecular complexity index is 570. The van der Waals surface area contributed by atoms with Crippen molar-refractivity contribution in [3.05, 3.63) is 18.2 Å². The molecule has 2 saturated heterocycles. The fraction of sp³-hybridized carbons (Fsp3) is 0.643. The molecule has 2 fully saturated rings. The molecule has 0 aliphatic carbocycles. The molecule has 0 bridgehead atoms. The summed E-state index contributed by atoms with van der Waals surface area (Å²) in [4.78, 5) is 30.0. The van der Waals surface area contributed by atoms with E-state index in [1.807, 2.05) is 0 Å². The fourth-order valence-corrected chi connectivity index (χ4v) is 4.66. The van der Waals surface area contributed by atoms with E-state index in [-0.39, 0.29) is 23.0 Å². The Hall–Kier alpha value is -1.54.